The third-order valence-electron chi connectivity index (χ3n) is 1.83. The van der Waals surface area contributed by atoms with E-state index in [1.807, 2.05) is 5.48 Å². The molecule has 1 aromatic carbocycles. The number of nitrogens with one attached hydrogen (secondary N) is 1. The lowest BCUT2D eigenvalue weighted by Gasteiger charge is -2.07. The minimum absolute atomic E-state index is 0.00731. The fourth-order valence-electron chi connectivity index (χ4n) is 0.931. The van der Waals surface area contributed by atoms with Crippen LogP contribution in [0.25, 0.3) is 0 Å². The summed E-state index contributed by atoms with van der Waals surface area (Å²) in [6.45, 7) is 1.61. The first kappa shape index (κ1) is 14.0. The average Bonchev–Trinajstić information content (AvgIpc) is 2.31. The Bertz CT molecular complexity index is 439. The van der Waals surface area contributed by atoms with Gasteiger partial charge in [-0.25, -0.2) is 4.79 Å². The van der Waals surface area contributed by atoms with Gasteiger partial charge in [0.1, 0.15) is 5.75 Å². The molecule has 0 saturated heterocycles. The molecule has 0 spiro atoms. The third-order valence-corrected chi connectivity index (χ3v) is 3.03. The molecule has 1 amide bonds. The summed E-state index contributed by atoms with van der Waals surface area (Å²) in [7, 11) is 0. The number of halogens is 2. The molecule has 0 fully saturated rings. The largest absolute Gasteiger partial charge is 0.506 e. The van der Waals surface area contributed by atoms with Crippen molar-refractivity contribution in [1.82, 2.24) is 5.48 Å². The highest BCUT2D eigenvalue weighted by atomic mass is 79.9. The number of hydrogen-bond donors (Lipinski definition) is 2. The topological polar surface area (TPSA) is 75.6 Å². The Morgan fingerprint density at radius 1 is 1.35 bits per heavy atom. The highest BCUT2D eigenvalue weighted by Crippen LogP contribution is 2.33. The van der Waals surface area contributed by atoms with Crippen LogP contribution in [0.2, 0.25) is 0 Å². The molecule has 0 aliphatic rings. The Hall–Kier alpha value is -1.08. The van der Waals surface area contributed by atoms with Crippen molar-refractivity contribution >= 4 is 43.7 Å². The van der Waals surface area contributed by atoms with E-state index < -0.39 is 11.9 Å². The minimum Gasteiger partial charge on any atom is -0.506 e. The zero-order chi connectivity index (χ0) is 13.0. The second-order valence-corrected chi connectivity index (χ2v) is 4.76. The molecule has 7 heteroatoms. The molecular weight excluding hydrogens is 358 g/mol. The van der Waals surface area contributed by atoms with E-state index in [4.69, 9.17) is 0 Å². The zero-order valence-corrected chi connectivity index (χ0v) is 12.0. The fourth-order valence-corrected chi connectivity index (χ4v) is 2.12. The van der Waals surface area contributed by atoms with E-state index in [9.17, 15) is 14.7 Å². The van der Waals surface area contributed by atoms with Crippen LogP contribution in [0.1, 0.15) is 23.7 Å². The number of aromatic hydroxyl groups is 1. The number of hydroxylamine groups is 1. The standard InChI is InChI=1S/C10H9Br2NO4/c1-2-8(14)17-13-10(16)5-3-6(11)9(15)7(12)4-5/h3-4,15H,2H2,1H3,(H,13,16). The Morgan fingerprint density at radius 2 is 1.88 bits per heavy atom. The monoisotopic (exact) mass is 365 g/mol. The van der Waals surface area contributed by atoms with Crippen LogP contribution in [0.4, 0.5) is 0 Å². The highest BCUT2D eigenvalue weighted by Gasteiger charge is 2.12. The summed E-state index contributed by atoms with van der Waals surface area (Å²) in [5.74, 6) is -1.12. The average molecular weight is 367 g/mol. The summed E-state index contributed by atoms with van der Waals surface area (Å²) in [6, 6.07) is 2.82. The maximum atomic E-state index is 11.6. The van der Waals surface area contributed by atoms with Gasteiger partial charge < -0.3 is 9.94 Å². The molecule has 17 heavy (non-hydrogen) atoms. The van der Waals surface area contributed by atoms with E-state index in [2.05, 4.69) is 36.7 Å². The Balaban J connectivity index is 2.80. The third kappa shape index (κ3) is 3.71. The molecule has 1 rings (SSSR count). The normalized spacial score (nSPS) is 9.82. The molecule has 0 heterocycles. The SMILES string of the molecule is CCC(=O)ONC(=O)c1cc(Br)c(O)c(Br)c1. The summed E-state index contributed by atoms with van der Waals surface area (Å²) >= 11 is 6.18. The first-order chi connectivity index (χ1) is 7.95. The molecule has 0 radical (unpaired) electrons. The molecular formula is C10H9Br2NO4. The molecule has 0 atom stereocenters. The number of carbonyl (C=O) groups excluding carboxylic acids is 2. The maximum absolute atomic E-state index is 11.6. The van der Waals surface area contributed by atoms with E-state index in [1.54, 1.807) is 6.92 Å². The fraction of sp³-hybridized carbons (Fsp3) is 0.200. The number of phenolic OH excluding ortho intramolecular Hbond substituents is 1. The smallest absolute Gasteiger partial charge is 0.331 e. The summed E-state index contributed by atoms with van der Waals surface area (Å²) in [5.41, 5.74) is 2.25. The van der Waals surface area contributed by atoms with Gasteiger partial charge in [-0.05, 0) is 44.0 Å². The van der Waals surface area contributed by atoms with Gasteiger partial charge in [0, 0.05) is 12.0 Å². The predicted octanol–water partition coefficient (Wildman–Crippen LogP) is 2.52. The van der Waals surface area contributed by atoms with Crippen LogP contribution < -0.4 is 5.48 Å². The number of rotatable bonds is 2. The Morgan fingerprint density at radius 3 is 2.35 bits per heavy atom. The van der Waals surface area contributed by atoms with Crippen molar-refractivity contribution in [2.45, 2.75) is 13.3 Å². The van der Waals surface area contributed by atoms with Crippen molar-refractivity contribution in [3.05, 3.63) is 26.6 Å². The van der Waals surface area contributed by atoms with Gasteiger partial charge in [0.25, 0.3) is 5.91 Å². The molecule has 2 N–H and O–H groups in total. The van der Waals surface area contributed by atoms with Gasteiger partial charge in [-0.15, -0.1) is 0 Å². The quantitative estimate of drug-likeness (QED) is 0.788. The van der Waals surface area contributed by atoms with Crippen LogP contribution in [0, 0.1) is 0 Å². The molecule has 0 unspecified atom stereocenters. The van der Waals surface area contributed by atoms with Crippen LogP contribution in [0.3, 0.4) is 0 Å². The van der Waals surface area contributed by atoms with Crippen LogP contribution >= 0.6 is 31.9 Å². The number of hydrogen-bond acceptors (Lipinski definition) is 4. The van der Waals surface area contributed by atoms with Crippen molar-refractivity contribution in [3.63, 3.8) is 0 Å². The van der Waals surface area contributed by atoms with Gasteiger partial charge in [0.15, 0.2) is 0 Å². The number of carbonyl (C=O) groups is 2. The van der Waals surface area contributed by atoms with Gasteiger partial charge >= 0.3 is 5.97 Å². The second-order valence-electron chi connectivity index (χ2n) is 3.05. The lowest BCUT2D eigenvalue weighted by molar-refractivity contribution is -0.148. The lowest BCUT2D eigenvalue weighted by atomic mass is 10.2. The highest BCUT2D eigenvalue weighted by molar-refractivity contribution is 9.11. The molecule has 0 aliphatic carbocycles. The van der Waals surface area contributed by atoms with Gasteiger partial charge in [-0.2, -0.15) is 5.48 Å². The minimum atomic E-state index is -0.576. The lowest BCUT2D eigenvalue weighted by Crippen LogP contribution is -2.26. The zero-order valence-electron chi connectivity index (χ0n) is 8.79. The first-order valence-corrected chi connectivity index (χ1v) is 6.22. The van der Waals surface area contributed by atoms with Crippen LogP contribution in [-0.4, -0.2) is 17.0 Å². The maximum Gasteiger partial charge on any atom is 0.331 e. The summed E-state index contributed by atoms with van der Waals surface area (Å²) in [5, 5.41) is 9.46. The van der Waals surface area contributed by atoms with Crippen LogP contribution in [0.5, 0.6) is 5.75 Å². The molecule has 92 valence electrons. The predicted molar refractivity (Wildman–Crippen MR) is 67.4 cm³/mol. The molecule has 5 nitrogen and oxygen atoms in total. The summed E-state index contributed by atoms with van der Waals surface area (Å²) in [6.07, 6.45) is 0.170. The van der Waals surface area contributed by atoms with Crippen molar-refractivity contribution in [1.29, 1.82) is 0 Å². The first-order valence-electron chi connectivity index (χ1n) is 4.63. The molecule has 1 aromatic rings. The molecule has 0 aromatic heterocycles. The Labute approximate surface area is 114 Å². The van der Waals surface area contributed by atoms with Gasteiger partial charge in [-0.3, -0.25) is 4.79 Å². The number of phenols is 1. The van der Waals surface area contributed by atoms with E-state index >= 15 is 0 Å². The van der Waals surface area contributed by atoms with Crippen molar-refractivity contribution in [3.8, 4) is 5.75 Å². The number of amides is 1. The van der Waals surface area contributed by atoms with Gasteiger partial charge in [-0.1, -0.05) is 6.92 Å². The van der Waals surface area contributed by atoms with Crippen LogP contribution in [-0.2, 0) is 9.63 Å². The van der Waals surface area contributed by atoms with Crippen molar-refractivity contribution < 1.29 is 19.5 Å². The van der Waals surface area contributed by atoms with Crippen molar-refractivity contribution in [2.75, 3.05) is 0 Å². The van der Waals surface area contributed by atoms with Gasteiger partial charge in [0.05, 0.1) is 8.95 Å². The second kappa shape index (κ2) is 6.02. The van der Waals surface area contributed by atoms with E-state index in [-0.39, 0.29) is 17.7 Å². The summed E-state index contributed by atoms with van der Waals surface area (Å²) < 4.78 is 0.720. The van der Waals surface area contributed by atoms with E-state index in [0.717, 1.165) is 0 Å². The molecule has 0 saturated carbocycles. The van der Waals surface area contributed by atoms with Gasteiger partial charge in [0.2, 0.25) is 0 Å². The van der Waals surface area contributed by atoms with E-state index in [1.165, 1.54) is 12.1 Å². The molecule has 0 aliphatic heterocycles. The Kier molecular flexibility index (Phi) is 4.95. The summed E-state index contributed by atoms with van der Waals surface area (Å²) in [4.78, 5) is 26.9. The van der Waals surface area contributed by atoms with Crippen molar-refractivity contribution in [2.24, 2.45) is 0 Å². The molecule has 0 bridgehead atoms. The number of benzene rings is 1. The van der Waals surface area contributed by atoms with Crippen LogP contribution in [0.15, 0.2) is 21.1 Å². The van der Waals surface area contributed by atoms with E-state index in [0.29, 0.717) is 8.95 Å².